The molecular formula is C18H23NO2. The quantitative estimate of drug-likeness (QED) is 0.840. The third kappa shape index (κ3) is 5.12. The van der Waals surface area contributed by atoms with Gasteiger partial charge in [-0.15, -0.1) is 0 Å². The molecule has 0 saturated carbocycles. The Morgan fingerprint density at radius 1 is 0.905 bits per heavy atom. The first-order valence-corrected chi connectivity index (χ1v) is 7.26. The third-order valence-corrected chi connectivity index (χ3v) is 3.06. The Balaban J connectivity index is 1.88. The van der Waals surface area contributed by atoms with E-state index in [0.717, 1.165) is 24.6 Å². The summed E-state index contributed by atoms with van der Waals surface area (Å²) in [5.74, 6) is 1.81. The Hall–Kier alpha value is -2.00. The van der Waals surface area contributed by atoms with Crippen LogP contribution in [-0.4, -0.2) is 13.2 Å². The molecule has 0 atom stereocenters. The van der Waals surface area contributed by atoms with Gasteiger partial charge in [0.1, 0.15) is 11.5 Å². The van der Waals surface area contributed by atoms with E-state index < -0.39 is 0 Å². The van der Waals surface area contributed by atoms with E-state index in [1.807, 2.05) is 44.2 Å². The summed E-state index contributed by atoms with van der Waals surface area (Å²) in [5, 5.41) is 3.44. The van der Waals surface area contributed by atoms with Crippen molar-refractivity contribution in [3.8, 4) is 11.5 Å². The summed E-state index contributed by atoms with van der Waals surface area (Å²) in [6.07, 6.45) is 0.199. The lowest BCUT2D eigenvalue weighted by atomic mass is 10.2. The first-order valence-electron chi connectivity index (χ1n) is 7.26. The number of hydrogen-bond donors (Lipinski definition) is 1. The van der Waals surface area contributed by atoms with Crippen molar-refractivity contribution in [1.82, 2.24) is 5.32 Å². The van der Waals surface area contributed by atoms with Crippen LogP contribution in [0.4, 0.5) is 0 Å². The first-order chi connectivity index (χ1) is 10.2. The maximum absolute atomic E-state index is 5.71. The highest BCUT2D eigenvalue weighted by molar-refractivity contribution is 5.30. The molecule has 0 heterocycles. The van der Waals surface area contributed by atoms with Crippen molar-refractivity contribution in [3.05, 3.63) is 59.7 Å². The van der Waals surface area contributed by atoms with Crippen LogP contribution in [0.15, 0.2) is 48.5 Å². The van der Waals surface area contributed by atoms with Crippen molar-refractivity contribution >= 4 is 0 Å². The highest BCUT2D eigenvalue weighted by Crippen LogP contribution is 2.15. The Morgan fingerprint density at radius 2 is 1.48 bits per heavy atom. The average Bonchev–Trinajstić information content (AvgIpc) is 2.47. The van der Waals surface area contributed by atoms with Gasteiger partial charge in [0.05, 0.1) is 13.2 Å². The zero-order valence-corrected chi connectivity index (χ0v) is 12.9. The van der Waals surface area contributed by atoms with Crippen LogP contribution in [-0.2, 0) is 13.1 Å². The number of ether oxygens (including phenoxy) is 2. The molecule has 1 N–H and O–H groups in total. The van der Waals surface area contributed by atoms with Crippen LogP contribution in [0, 0.1) is 0 Å². The fraction of sp³-hybridized carbons (Fsp3) is 0.333. The van der Waals surface area contributed by atoms with Crippen LogP contribution in [0.3, 0.4) is 0 Å². The molecule has 2 aromatic rings. The second-order valence-electron chi connectivity index (χ2n) is 5.27. The molecule has 0 saturated heterocycles. The third-order valence-electron chi connectivity index (χ3n) is 3.06. The van der Waals surface area contributed by atoms with Gasteiger partial charge in [0.25, 0.3) is 0 Å². The van der Waals surface area contributed by atoms with Gasteiger partial charge in [-0.05, 0) is 49.2 Å². The average molecular weight is 285 g/mol. The topological polar surface area (TPSA) is 30.5 Å². The summed E-state index contributed by atoms with van der Waals surface area (Å²) in [6, 6.07) is 16.3. The maximum Gasteiger partial charge on any atom is 0.120 e. The van der Waals surface area contributed by atoms with Gasteiger partial charge in [0.15, 0.2) is 0 Å². The second-order valence-corrected chi connectivity index (χ2v) is 5.27. The summed E-state index contributed by atoms with van der Waals surface area (Å²) in [4.78, 5) is 0. The van der Waals surface area contributed by atoms with Crippen molar-refractivity contribution in [1.29, 1.82) is 0 Å². The van der Waals surface area contributed by atoms with Crippen LogP contribution in [0.25, 0.3) is 0 Å². The SMILES string of the molecule is COc1cccc(CNCc2cccc(OC(C)C)c2)c1. The summed E-state index contributed by atoms with van der Waals surface area (Å²) < 4.78 is 10.9. The molecule has 0 spiro atoms. The Kier molecular flexibility index (Phi) is 5.64. The molecular weight excluding hydrogens is 262 g/mol. The van der Waals surface area contributed by atoms with E-state index in [-0.39, 0.29) is 6.10 Å². The van der Waals surface area contributed by atoms with E-state index in [0.29, 0.717) is 0 Å². The van der Waals surface area contributed by atoms with E-state index in [1.54, 1.807) is 7.11 Å². The van der Waals surface area contributed by atoms with E-state index >= 15 is 0 Å². The standard InChI is InChI=1S/C18H23NO2/c1-14(2)21-18-9-5-7-16(11-18)13-19-12-15-6-4-8-17(10-15)20-3/h4-11,14,19H,12-13H2,1-3H3. The molecule has 3 nitrogen and oxygen atoms in total. The number of rotatable bonds is 7. The lowest BCUT2D eigenvalue weighted by Gasteiger charge is -2.11. The molecule has 0 aliphatic carbocycles. The molecule has 2 aromatic carbocycles. The van der Waals surface area contributed by atoms with E-state index in [1.165, 1.54) is 11.1 Å². The van der Waals surface area contributed by atoms with Crippen LogP contribution < -0.4 is 14.8 Å². The van der Waals surface area contributed by atoms with Gasteiger partial charge in [0.2, 0.25) is 0 Å². The van der Waals surface area contributed by atoms with Gasteiger partial charge in [-0.1, -0.05) is 24.3 Å². The van der Waals surface area contributed by atoms with Crippen LogP contribution >= 0.6 is 0 Å². The molecule has 112 valence electrons. The molecule has 0 bridgehead atoms. The zero-order valence-electron chi connectivity index (χ0n) is 12.9. The number of hydrogen-bond acceptors (Lipinski definition) is 3. The molecule has 3 heteroatoms. The van der Waals surface area contributed by atoms with Crippen molar-refractivity contribution in [2.75, 3.05) is 7.11 Å². The number of nitrogens with one attached hydrogen (secondary N) is 1. The fourth-order valence-corrected chi connectivity index (χ4v) is 2.13. The van der Waals surface area contributed by atoms with Crippen molar-refractivity contribution < 1.29 is 9.47 Å². The molecule has 0 radical (unpaired) electrons. The van der Waals surface area contributed by atoms with Crippen molar-refractivity contribution in [2.45, 2.75) is 33.0 Å². The number of benzene rings is 2. The second kappa shape index (κ2) is 7.70. The van der Waals surface area contributed by atoms with Gasteiger partial charge in [-0.2, -0.15) is 0 Å². The predicted octanol–water partition coefficient (Wildman–Crippen LogP) is 3.77. The molecule has 0 unspecified atom stereocenters. The van der Waals surface area contributed by atoms with Gasteiger partial charge in [-0.3, -0.25) is 0 Å². The summed E-state index contributed by atoms with van der Waals surface area (Å²) in [7, 11) is 1.69. The van der Waals surface area contributed by atoms with E-state index in [9.17, 15) is 0 Å². The first kappa shape index (κ1) is 15.4. The van der Waals surface area contributed by atoms with Crippen molar-refractivity contribution in [2.24, 2.45) is 0 Å². The molecule has 21 heavy (non-hydrogen) atoms. The minimum absolute atomic E-state index is 0.199. The van der Waals surface area contributed by atoms with E-state index in [2.05, 4.69) is 23.5 Å². The highest BCUT2D eigenvalue weighted by Gasteiger charge is 2.00. The van der Waals surface area contributed by atoms with Crippen molar-refractivity contribution in [3.63, 3.8) is 0 Å². The Morgan fingerprint density at radius 3 is 2.05 bits per heavy atom. The lowest BCUT2D eigenvalue weighted by Crippen LogP contribution is -2.13. The predicted molar refractivity (Wildman–Crippen MR) is 85.7 cm³/mol. The monoisotopic (exact) mass is 285 g/mol. The van der Waals surface area contributed by atoms with Gasteiger partial charge >= 0.3 is 0 Å². The molecule has 2 rings (SSSR count). The molecule has 0 amide bonds. The van der Waals surface area contributed by atoms with Gasteiger partial charge < -0.3 is 14.8 Å². The van der Waals surface area contributed by atoms with Crippen LogP contribution in [0.5, 0.6) is 11.5 Å². The normalized spacial score (nSPS) is 10.7. The zero-order chi connectivity index (χ0) is 15.1. The maximum atomic E-state index is 5.71. The molecule has 0 aliphatic heterocycles. The fourth-order valence-electron chi connectivity index (χ4n) is 2.13. The molecule has 0 fully saturated rings. The van der Waals surface area contributed by atoms with Crippen LogP contribution in [0.1, 0.15) is 25.0 Å². The molecule has 0 aliphatic rings. The highest BCUT2D eigenvalue weighted by atomic mass is 16.5. The van der Waals surface area contributed by atoms with E-state index in [4.69, 9.17) is 9.47 Å². The minimum Gasteiger partial charge on any atom is -0.497 e. The molecule has 0 aromatic heterocycles. The minimum atomic E-state index is 0.199. The Labute approximate surface area is 126 Å². The summed E-state index contributed by atoms with van der Waals surface area (Å²) in [6.45, 7) is 5.69. The lowest BCUT2D eigenvalue weighted by molar-refractivity contribution is 0.242. The largest absolute Gasteiger partial charge is 0.497 e. The smallest absolute Gasteiger partial charge is 0.120 e. The summed E-state index contributed by atoms with van der Waals surface area (Å²) in [5.41, 5.74) is 2.43. The van der Waals surface area contributed by atoms with Gasteiger partial charge in [-0.25, -0.2) is 0 Å². The van der Waals surface area contributed by atoms with Gasteiger partial charge in [0, 0.05) is 13.1 Å². The van der Waals surface area contributed by atoms with Crippen LogP contribution in [0.2, 0.25) is 0 Å². The Bertz CT molecular complexity index is 567. The number of methoxy groups -OCH3 is 1. The summed E-state index contributed by atoms with van der Waals surface area (Å²) >= 11 is 0.